The quantitative estimate of drug-likeness (QED) is 0.497. The van der Waals surface area contributed by atoms with E-state index in [-0.39, 0.29) is 23.6 Å². The number of esters is 1. The van der Waals surface area contributed by atoms with Gasteiger partial charge in [0.15, 0.2) is 0 Å². The highest BCUT2D eigenvalue weighted by Gasteiger charge is 2.32. The third-order valence-corrected chi connectivity index (χ3v) is 2.71. The number of hydrogen-bond acceptors (Lipinski definition) is 3. The van der Waals surface area contributed by atoms with Gasteiger partial charge in [0.05, 0.1) is 6.61 Å². The van der Waals surface area contributed by atoms with Gasteiger partial charge in [-0.05, 0) is 18.8 Å². The van der Waals surface area contributed by atoms with Crippen LogP contribution in [0.15, 0.2) is 0 Å². The van der Waals surface area contributed by atoms with E-state index in [0.29, 0.717) is 13.0 Å². The SMILES string of the molecule is CCOC(=O)C(C(=O)CC(C)C)C(C)CC. The molecule has 0 radical (unpaired) electrons. The molecule has 0 aliphatic carbocycles. The Morgan fingerprint density at radius 2 is 1.69 bits per heavy atom. The molecule has 16 heavy (non-hydrogen) atoms. The minimum atomic E-state index is -0.577. The zero-order valence-corrected chi connectivity index (χ0v) is 11.1. The maximum absolute atomic E-state index is 12.0. The van der Waals surface area contributed by atoms with Crippen LogP contribution in [0.4, 0.5) is 0 Å². The third-order valence-electron chi connectivity index (χ3n) is 2.71. The summed E-state index contributed by atoms with van der Waals surface area (Å²) in [6.45, 7) is 9.98. The summed E-state index contributed by atoms with van der Waals surface area (Å²) in [5.74, 6) is -0.573. The van der Waals surface area contributed by atoms with E-state index in [1.165, 1.54) is 0 Å². The number of ketones is 1. The normalized spacial score (nSPS) is 14.6. The van der Waals surface area contributed by atoms with Crippen molar-refractivity contribution in [3.05, 3.63) is 0 Å². The molecule has 0 aliphatic heterocycles. The minimum Gasteiger partial charge on any atom is -0.465 e. The number of ether oxygens (including phenoxy) is 1. The van der Waals surface area contributed by atoms with Crippen molar-refractivity contribution >= 4 is 11.8 Å². The minimum absolute atomic E-state index is 0.0165. The van der Waals surface area contributed by atoms with Gasteiger partial charge in [0, 0.05) is 6.42 Å². The lowest BCUT2D eigenvalue weighted by Crippen LogP contribution is -2.32. The maximum atomic E-state index is 12.0. The van der Waals surface area contributed by atoms with Crippen LogP contribution in [-0.4, -0.2) is 18.4 Å². The second-order valence-corrected chi connectivity index (χ2v) is 4.68. The average Bonchev–Trinajstić information content (AvgIpc) is 2.16. The third kappa shape index (κ3) is 4.77. The van der Waals surface area contributed by atoms with Crippen LogP contribution < -0.4 is 0 Å². The number of carbonyl (C=O) groups excluding carboxylic acids is 2. The highest BCUT2D eigenvalue weighted by molar-refractivity contribution is 5.99. The van der Waals surface area contributed by atoms with Crippen LogP contribution in [0.5, 0.6) is 0 Å². The van der Waals surface area contributed by atoms with Gasteiger partial charge in [-0.15, -0.1) is 0 Å². The van der Waals surface area contributed by atoms with Gasteiger partial charge in [0.25, 0.3) is 0 Å². The fraction of sp³-hybridized carbons (Fsp3) is 0.846. The van der Waals surface area contributed by atoms with Crippen LogP contribution in [0.1, 0.15) is 47.5 Å². The van der Waals surface area contributed by atoms with Crippen LogP contribution in [0, 0.1) is 17.8 Å². The largest absolute Gasteiger partial charge is 0.465 e. The maximum Gasteiger partial charge on any atom is 0.316 e. The van der Waals surface area contributed by atoms with Crippen molar-refractivity contribution in [3.63, 3.8) is 0 Å². The number of rotatable bonds is 7. The number of hydrogen-bond donors (Lipinski definition) is 0. The van der Waals surface area contributed by atoms with Crippen LogP contribution in [0.2, 0.25) is 0 Å². The Morgan fingerprint density at radius 1 is 1.12 bits per heavy atom. The number of Topliss-reactive ketones (excluding diaryl/α,β-unsaturated/α-hetero) is 1. The Hall–Kier alpha value is -0.860. The van der Waals surface area contributed by atoms with Crippen LogP contribution in [0.3, 0.4) is 0 Å². The predicted octanol–water partition coefficient (Wildman–Crippen LogP) is 2.83. The van der Waals surface area contributed by atoms with Gasteiger partial charge in [0.1, 0.15) is 11.7 Å². The first kappa shape index (κ1) is 15.1. The molecule has 0 saturated carbocycles. The van der Waals surface area contributed by atoms with E-state index < -0.39 is 5.92 Å². The van der Waals surface area contributed by atoms with Crippen molar-refractivity contribution in [1.82, 2.24) is 0 Å². The van der Waals surface area contributed by atoms with Crippen LogP contribution in [-0.2, 0) is 14.3 Å². The van der Waals surface area contributed by atoms with Crippen molar-refractivity contribution in [2.24, 2.45) is 17.8 Å². The summed E-state index contributed by atoms with van der Waals surface area (Å²) in [5, 5.41) is 0. The Bertz CT molecular complexity index is 233. The molecule has 3 heteroatoms. The van der Waals surface area contributed by atoms with Gasteiger partial charge in [0.2, 0.25) is 0 Å². The van der Waals surface area contributed by atoms with Crippen molar-refractivity contribution in [2.45, 2.75) is 47.5 Å². The van der Waals surface area contributed by atoms with E-state index in [4.69, 9.17) is 4.74 Å². The summed E-state index contributed by atoms with van der Waals surface area (Å²) in [6, 6.07) is 0. The van der Waals surface area contributed by atoms with E-state index in [0.717, 1.165) is 6.42 Å². The van der Waals surface area contributed by atoms with Gasteiger partial charge in [-0.25, -0.2) is 0 Å². The molecule has 3 nitrogen and oxygen atoms in total. The Labute approximate surface area is 98.6 Å². The Balaban J connectivity index is 4.66. The molecule has 0 aliphatic rings. The summed E-state index contributed by atoms with van der Waals surface area (Å²) in [6.07, 6.45) is 1.27. The zero-order chi connectivity index (χ0) is 12.7. The molecule has 0 aromatic carbocycles. The van der Waals surface area contributed by atoms with Crippen molar-refractivity contribution in [1.29, 1.82) is 0 Å². The predicted molar refractivity (Wildman–Crippen MR) is 64.0 cm³/mol. The smallest absolute Gasteiger partial charge is 0.316 e. The van der Waals surface area contributed by atoms with Crippen LogP contribution in [0.25, 0.3) is 0 Å². The molecule has 0 amide bonds. The molecule has 0 aromatic rings. The lowest BCUT2D eigenvalue weighted by atomic mass is 9.85. The molecular weight excluding hydrogens is 204 g/mol. The fourth-order valence-corrected chi connectivity index (χ4v) is 1.68. The van der Waals surface area contributed by atoms with E-state index >= 15 is 0 Å². The molecule has 94 valence electrons. The molecule has 0 aromatic heterocycles. The topological polar surface area (TPSA) is 43.4 Å². The molecule has 0 heterocycles. The molecule has 0 rings (SSSR count). The molecule has 0 saturated heterocycles. The molecule has 0 bridgehead atoms. The average molecular weight is 228 g/mol. The summed E-state index contributed by atoms with van der Waals surface area (Å²) in [4.78, 5) is 23.7. The van der Waals surface area contributed by atoms with E-state index in [1.54, 1.807) is 6.92 Å². The zero-order valence-electron chi connectivity index (χ0n) is 11.1. The van der Waals surface area contributed by atoms with Crippen molar-refractivity contribution in [2.75, 3.05) is 6.61 Å². The first-order valence-corrected chi connectivity index (χ1v) is 6.13. The Kier molecular flexibility index (Phi) is 7.02. The lowest BCUT2D eigenvalue weighted by Gasteiger charge is -2.20. The van der Waals surface area contributed by atoms with Gasteiger partial charge >= 0.3 is 5.97 Å². The molecule has 0 fully saturated rings. The summed E-state index contributed by atoms with van der Waals surface area (Å²) in [5.41, 5.74) is 0. The fourth-order valence-electron chi connectivity index (χ4n) is 1.68. The van der Waals surface area contributed by atoms with Crippen LogP contribution >= 0.6 is 0 Å². The second kappa shape index (κ2) is 7.42. The van der Waals surface area contributed by atoms with E-state index in [1.807, 2.05) is 27.7 Å². The molecule has 2 unspecified atom stereocenters. The summed E-state index contributed by atoms with van der Waals surface area (Å²) < 4.78 is 4.97. The van der Waals surface area contributed by atoms with Gasteiger partial charge in [-0.3, -0.25) is 9.59 Å². The monoisotopic (exact) mass is 228 g/mol. The first-order valence-electron chi connectivity index (χ1n) is 6.13. The number of carbonyl (C=O) groups is 2. The van der Waals surface area contributed by atoms with Gasteiger partial charge < -0.3 is 4.74 Å². The molecular formula is C13H24O3. The highest BCUT2D eigenvalue weighted by Crippen LogP contribution is 2.21. The highest BCUT2D eigenvalue weighted by atomic mass is 16.5. The second-order valence-electron chi connectivity index (χ2n) is 4.68. The van der Waals surface area contributed by atoms with E-state index in [2.05, 4.69) is 0 Å². The summed E-state index contributed by atoms with van der Waals surface area (Å²) >= 11 is 0. The molecule has 2 atom stereocenters. The van der Waals surface area contributed by atoms with Gasteiger partial charge in [-0.2, -0.15) is 0 Å². The van der Waals surface area contributed by atoms with Crippen molar-refractivity contribution in [3.8, 4) is 0 Å². The van der Waals surface area contributed by atoms with Gasteiger partial charge in [-0.1, -0.05) is 34.1 Å². The molecule has 0 spiro atoms. The summed E-state index contributed by atoms with van der Waals surface area (Å²) in [7, 11) is 0. The molecule has 0 N–H and O–H groups in total. The standard InChI is InChI=1S/C13H24O3/c1-6-10(5)12(13(15)16-7-2)11(14)8-9(3)4/h9-10,12H,6-8H2,1-5H3. The first-order chi connectivity index (χ1) is 7.43. The Morgan fingerprint density at radius 3 is 2.06 bits per heavy atom. The lowest BCUT2D eigenvalue weighted by molar-refractivity contribution is -0.153. The van der Waals surface area contributed by atoms with E-state index in [9.17, 15) is 9.59 Å². The van der Waals surface area contributed by atoms with Crippen molar-refractivity contribution < 1.29 is 14.3 Å².